The number of hydrogen-bond acceptors (Lipinski definition) is 1. The standard InChI is InChI=1S/C9H9ClN2.ClH/c1-6-11-8-3-2-7(5-10)4-9(8)12-6;/h2-4H,5H2,1H3,(H,11,12);1H. The number of aromatic nitrogens is 2. The number of nitrogens with zero attached hydrogens (tertiary/aromatic N) is 1. The monoisotopic (exact) mass is 216 g/mol. The number of alkyl halides is 1. The van der Waals surface area contributed by atoms with E-state index in [2.05, 4.69) is 9.97 Å². The molecule has 0 amide bonds. The smallest absolute Gasteiger partial charge is 0.104 e. The Morgan fingerprint density at radius 1 is 1.46 bits per heavy atom. The van der Waals surface area contributed by atoms with Crippen molar-refractivity contribution in [3.05, 3.63) is 29.6 Å². The summed E-state index contributed by atoms with van der Waals surface area (Å²) in [5.41, 5.74) is 3.17. The molecule has 2 rings (SSSR count). The number of aromatic amines is 1. The van der Waals surface area contributed by atoms with Crippen LogP contribution in [0.5, 0.6) is 0 Å². The van der Waals surface area contributed by atoms with E-state index < -0.39 is 0 Å². The number of nitrogens with one attached hydrogen (secondary N) is 1. The third kappa shape index (κ3) is 1.95. The molecule has 0 bridgehead atoms. The summed E-state index contributed by atoms with van der Waals surface area (Å²) in [6.07, 6.45) is 0. The van der Waals surface area contributed by atoms with E-state index in [9.17, 15) is 0 Å². The Balaban J connectivity index is 0.000000845. The quantitative estimate of drug-likeness (QED) is 0.730. The van der Waals surface area contributed by atoms with Gasteiger partial charge in [0.1, 0.15) is 5.82 Å². The number of imidazole rings is 1. The molecular weight excluding hydrogens is 207 g/mol. The summed E-state index contributed by atoms with van der Waals surface area (Å²) < 4.78 is 0. The lowest BCUT2D eigenvalue weighted by Crippen LogP contribution is -1.76. The second-order valence-electron chi connectivity index (χ2n) is 2.81. The number of hydrogen-bond donors (Lipinski definition) is 1. The molecule has 0 aliphatic carbocycles. The van der Waals surface area contributed by atoms with Crippen molar-refractivity contribution in [1.82, 2.24) is 9.97 Å². The summed E-state index contributed by atoms with van der Waals surface area (Å²) in [6.45, 7) is 1.94. The van der Waals surface area contributed by atoms with Crippen LogP contribution in [-0.2, 0) is 5.88 Å². The van der Waals surface area contributed by atoms with Gasteiger partial charge in [-0.15, -0.1) is 24.0 Å². The predicted molar refractivity (Wildman–Crippen MR) is 57.6 cm³/mol. The van der Waals surface area contributed by atoms with E-state index in [1.807, 2.05) is 25.1 Å². The molecule has 0 spiro atoms. The van der Waals surface area contributed by atoms with E-state index in [1.54, 1.807) is 0 Å². The van der Waals surface area contributed by atoms with Crippen molar-refractivity contribution in [2.45, 2.75) is 12.8 Å². The predicted octanol–water partition coefficient (Wildman–Crippen LogP) is 3.03. The number of H-pyrrole nitrogens is 1. The molecule has 1 heterocycles. The normalized spacial score (nSPS) is 10.0. The number of halogens is 2. The van der Waals surface area contributed by atoms with Gasteiger partial charge in [0.2, 0.25) is 0 Å². The van der Waals surface area contributed by atoms with Crippen LogP contribution in [0.3, 0.4) is 0 Å². The Hall–Kier alpha value is -0.730. The molecule has 0 atom stereocenters. The van der Waals surface area contributed by atoms with Gasteiger partial charge in [0.15, 0.2) is 0 Å². The summed E-state index contributed by atoms with van der Waals surface area (Å²) in [5, 5.41) is 0. The molecule has 0 radical (unpaired) electrons. The fourth-order valence-corrected chi connectivity index (χ4v) is 1.43. The Morgan fingerprint density at radius 3 is 2.92 bits per heavy atom. The van der Waals surface area contributed by atoms with Gasteiger partial charge < -0.3 is 4.98 Å². The molecule has 1 N–H and O–H groups in total. The Kier molecular flexibility index (Phi) is 3.17. The maximum absolute atomic E-state index is 5.70. The van der Waals surface area contributed by atoms with Gasteiger partial charge in [0.05, 0.1) is 11.0 Å². The first-order valence-corrected chi connectivity index (χ1v) is 4.34. The van der Waals surface area contributed by atoms with Crippen LogP contribution in [0.1, 0.15) is 11.4 Å². The highest BCUT2D eigenvalue weighted by Crippen LogP contribution is 2.14. The van der Waals surface area contributed by atoms with Crippen LogP contribution >= 0.6 is 24.0 Å². The molecule has 0 aliphatic heterocycles. The van der Waals surface area contributed by atoms with Gasteiger partial charge in [0, 0.05) is 5.88 Å². The molecule has 70 valence electrons. The number of aryl methyl sites for hydroxylation is 1. The molecule has 4 heteroatoms. The first kappa shape index (κ1) is 10.4. The van der Waals surface area contributed by atoms with E-state index in [4.69, 9.17) is 11.6 Å². The van der Waals surface area contributed by atoms with Crippen molar-refractivity contribution in [3.8, 4) is 0 Å². The second-order valence-corrected chi connectivity index (χ2v) is 3.07. The maximum Gasteiger partial charge on any atom is 0.104 e. The molecule has 0 saturated carbocycles. The van der Waals surface area contributed by atoms with Gasteiger partial charge in [-0.3, -0.25) is 0 Å². The summed E-state index contributed by atoms with van der Waals surface area (Å²) >= 11 is 5.70. The van der Waals surface area contributed by atoms with Crippen LogP contribution in [0, 0.1) is 6.92 Å². The van der Waals surface area contributed by atoms with E-state index in [0.29, 0.717) is 5.88 Å². The van der Waals surface area contributed by atoms with Crippen molar-refractivity contribution < 1.29 is 0 Å². The van der Waals surface area contributed by atoms with Crippen molar-refractivity contribution >= 4 is 35.0 Å². The summed E-state index contributed by atoms with van der Waals surface area (Å²) in [7, 11) is 0. The van der Waals surface area contributed by atoms with Crippen LogP contribution in [0.25, 0.3) is 11.0 Å². The zero-order valence-corrected chi connectivity index (χ0v) is 8.75. The molecule has 0 fully saturated rings. The van der Waals surface area contributed by atoms with Gasteiger partial charge in [-0.25, -0.2) is 4.98 Å². The second kappa shape index (κ2) is 3.99. The first-order valence-electron chi connectivity index (χ1n) is 3.81. The fraction of sp³-hybridized carbons (Fsp3) is 0.222. The van der Waals surface area contributed by atoms with Gasteiger partial charge in [-0.1, -0.05) is 6.07 Å². The van der Waals surface area contributed by atoms with Crippen molar-refractivity contribution in [3.63, 3.8) is 0 Å². The van der Waals surface area contributed by atoms with Crippen molar-refractivity contribution in [2.75, 3.05) is 0 Å². The van der Waals surface area contributed by atoms with E-state index >= 15 is 0 Å². The molecule has 1 aromatic heterocycles. The lowest BCUT2D eigenvalue weighted by Gasteiger charge is -1.92. The minimum Gasteiger partial charge on any atom is -0.342 e. The SMILES string of the molecule is Cc1nc2cc(CCl)ccc2[nH]1.Cl. The molecule has 13 heavy (non-hydrogen) atoms. The molecule has 0 aliphatic rings. The highest BCUT2D eigenvalue weighted by atomic mass is 35.5. The molecule has 2 nitrogen and oxygen atoms in total. The van der Waals surface area contributed by atoms with Gasteiger partial charge >= 0.3 is 0 Å². The Bertz CT molecular complexity index is 409. The minimum absolute atomic E-state index is 0. The average molecular weight is 217 g/mol. The molecule has 0 saturated heterocycles. The zero-order chi connectivity index (χ0) is 8.55. The fourth-order valence-electron chi connectivity index (χ4n) is 1.26. The van der Waals surface area contributed by atoms with Gasteiger partial charge in [-0.2, -0.15) is 0 Å². The number of rotatable bonds is 1. The lowest BCUT2D eigenvalue weighted by molar-refractivity contribution is 1.17. The first-order chi connectivity index (χ1) is 5.79. The highest BCUT2D eigenvalue weighted by molar-refractivity contribution is 6.17. The Morgan fingerprint density at radius 2 is 2.23 bits per heavy atom. The number of benzene rings is 1. The minimum atomic E-state index is 0. The van der Waals surface area contributed by atoms with Crippen molar-refractivity contribution in [1.29, 1.82) is 0 Å². The Labute approximate surface area is 87.7 Å². The van der Waals surface area contributed by atoms with Gasteiger partial charge in [-0.05, 0) is 24.6 Å². The van der Waals surface area contributed by atoms with Crippen LogP contribution in [-0.4, -0.2) is 9.97 Å². The topological polar surface area (TPSA) is 28.7 Å². The van der Waals surface area contributed by atoms with Crippen LogP contribution in [0.4, 0.5) is 0 Å². The van der Waals surface area contributed by atoms with Gasteiger partial charge in [0.25, 0.3) is 0 Å². The molecule has 2 aromatic rings. The molecule has 1 aromatic carbocycles. The zero-order valence-electron chi connectivity index (χ0n) is 7.17. The summed E-state index contributed by atoms with van der Waals surface area (Å²) in [4.78, 5) is 7.46. The van der Waals surface area contributed by atoms with Crippen LogP contribution in [0.2, 0.25) is 0 Å². The summed E-state index contributed by atoms with van der Waals surface area (Å²) in [5.74, 6) is 1.48. The van der Waals surface area contributed by atoms with Crippen molar-refractivity contribution in [2.24, 2.45) is 0 Å². The molecule has 0 unspecified atom stereocenters. The van der Waals surface area contributed by atoms with E-state index in [1.165, 1.54) is 0 Å². The highest BCUT2D eigenvalue weighted by Gasteiger charge is 1.99. The third-order valence-electron chi connectivity index (χ3n) is 1.82. The van der Waals surface area contributed by atoms with Crippen LogP contribution in [0.15, 0.2) is 18.2 Å². The van der Waals surface area contributed by atoms with E-state index in [-0.39, 0.29) is 12.4 Å². The third-order valence-corrected chi connectivity index (χ3v) is 2.13. The maximum atomic E-state index is 5.70. The number of fused-ring (bicyclic) bond motifs is 1. The largest absolute Gasteiger partial charge is 0.342 e. The lowest BCUT2D eigenvalue weighted by atomic mass is 10.2. The van der Waals surface area contributed by atoms with E-state index in [0.717, 1.165) is 22.4 Å². The molecular formula is C9H10Cl2N2. The summed E-state index contributed by atoms with van der Waals surface area (Å²) in [6, 6.07) is 6.02. The van der Waals surface area contributed by atoms with Crippen LogP contribution < -0.4 is 0 Å². The average Bonchev–Trinajstić information content (AvgIpc) is 2.43.